The van der Waals surface area contributed by atoms with Gasteiger partial charge in [-0.1, -0.05) is 35.9 Å². The van der Waals surface area contributed by atoms with E-state index in [1.165, 1.54) is 0 Å². The van der Waals surface area contributed by atoms with Crippen LogP contribution in [0.2, 0.25) is 5.02 Å². The van der Waals surface area contributed by atoms with Crippen molar-refractivity contribution in [2.24, 2.45) is 23.7 Å². The maximum absolute atomic E-state index is 12.3. The van der Waals surface area contributed by atoms with Crippen LogP contribution in [0, 0.1) is 23.7 Å². The Labute approximate surface area is 143 Å². The van der Waals surface area contributed by atoms with Crippen molar-refractivity contribution >= 4 is 29.4 Å². The third-order valence-corrected chi connectivity index (χ3v) is 4.90. The van der Waals surface area contributed by atoms with Crippen molar-refractivity contribution < 1.29 is 19.5 Å². The molecule has 2 aliphatic carbocycles. The first-order chi connectivity index (χ1) is 11.5. The minimum Gasteiger partial charge on any atom is -0.481 e. The quantitative estimate of drug-likeness (QED) is 0.568. The number of hydrazine groups is 1. The van der Waals surface area contributed by atoms with Crippen molar-refractivity contribution in [1.29, 1.82) is 0 Å². The number of amides is 2. The zero-order valence-corrected chi connectivity index (χ0v) is 13.5. The number of carbonyl (C=O) groups excluding carboxylic acids is 2. The van der Waals surface area contributed by atoms with E-state index in [-0.39, 0.29) is 24.2 Å². The van der Waals surface area contributed by atoms with Gasteiger partial charge in [-0.15, -0.1) is 0 Å². The Kier molecular flexibility index (Phi) is 4.57. The summed E-state index contributed by atoms with van der Waals surface area (Å²) in [6, 6.07) is 6.82. The van der Waals surface area contributed by atoms with Gasteiger partial charge in [-0.2, -0.15) is 0 Å². The monoisotopic (exact) mass is 348 g/mol. The Balaban J connectivity index is 1.55. The molecule has 2 amide bonds. The molecule has 7 heteroatoms. The lowest BCUT2D eigenvalue weighted by atomic mass is 9.82. The largest absolute Gasteiger partial charge is 0.481 e. The van der Waals surface area contributed by atoms with E-state index < -0.39 is 23.7 Å². The van der Waals surface area contributed by atoms with Gasteiger partial charge in [0.15, 0.2) is 0 Å². The summed E-state index contributed by atoms with van der Waals surface area (Å²) in [5.41, 5.74) is 5.48. The summed E-state index contributed by atoms with van der Waals surface area (Å²) in [5, 5.41) is 9.92. The van der Waals surface area contributed by atoms with Crippen molar-refractivity contribution in [2.45, 2.75) is 12.8 Å². The molecule has 2 aliphatic rings. The highest BCUT2D eigenvalue weighted by Gasteiger charge is 2.51. The van der Waals surface area contributed by atoms with Crippen LogP contribution in [-0.4, -0.2) is 22.9 Å². The maximum atomic E-state index is 12.3. The second kappa shape index (κ2) is 6.65. The highest BCUT2D eigenvalue weighted by Crippen LogP contribution is 2.48. The topological polar surface area (TPSA) is 95.5 Å². The van der Waals surface area contributed by atoms with Crippen LogP contribution < -0.4 is 10.9 Å². The molecule has 0 radical (unpaired) electrons. The van der Waals surface area contributed by atoms with E-state index in [4.69, 9.17) is 11.6 Å². The second-order valence-corrected chi connectivity index (χ2v) is 6.62. The lowest BCUT2D eigenvalue weighted by molar-refractivity contribution is -0.148. The molecule has 24 heavy (non-hydrogen) atoms. The van der Waals surface area contributed by atoms with Gasteiger partial charge >= 0.3 is 5.97 Å². The highest BCUT2D eigenvalue weighted by atomic mass is 35.5. The summed E-state index contributed by atoms with van der Waals surface area (Å²) in [6.07, 6.45) is 4.53. The van der Waals surface area contributed by atoms with E-state index in [2.05, 4.69) is 10.9 Å². The molecule has 4 atom stereocenters. The second-order valence-electron chi connectivity index (χ2n) is 6.18. The molecule has 1 saturated carbocycles. The van der Waals surface area contributed by atoms with E-state index in [1.807, 2.05) is 12.2 Å². The van der Waals surface area contributed by atoms with Gasteiger partial charge in [-0.25, -0.2) is 0 Å². The summed E-state index contributed by atoms with van der Waals surface area (Å²) in [6.45, 7) is 0. The predicted octanol–water partition coefficient (Wildman–Crippen LogP) is 1.55. The molecule has 6 nitrogen and oxygen atoms in total. The number of carbonyl (C=O) groups is 3. The molecule has 3 rings (SSSR count). The molecule has 0 aromatic heterocycles. The first-order valence-electron chi connectivity index (χ1n) is 7.70. The molecule has 0 spiro atoms. The molecule has 3 N–H and O–H groups in total. The number of carboxylic acids is 1. The number of fused-ring (bicyclic) bond motifs is 2. The minimum absolute atomic E-state index is 0.0794. The van der Waals surface area contributed by atoms with Crippen LogP contribution in [0.3, 0.4) is 0 Å². The first kappa shape index (κ1) is 16.5. The molecule has 2 bridgehead atoms. The van der Waals surface area contributed by atoms with Gasteiger partial charge in [0, 0.05) is 5.02 Å². The van der Waals surface area contributed by atoms with Gasteiger partial charge in [0.05, 0.1) is 18.3 Å². The fourth-order valence-electron chi connectivity index (χ4n) is 3.56. The van der Waals surface area contributed by atoms with Crippen LogP contribution >= 0.6 is 11.6 Å². The van der Waals surface area contributed by atoms with Crippen LogP contribution in [0.15, 0.2) is 36.4 Å². The number of hydrogen-bond acceptors (Lipinski definition) is 3. The summed E-state index contributed by atoms with van der Waals surface area (Å²) in [5.74, 6) is -3.36. The molecule has 0 saturated heterocycles. The van der Waals surface area contributed by atoms with Crippen LogP contribution in [0.25, 0.3) is 0 Å². The Bertz CT molecular complexity index is 701. The normalized spacial score (nSPS) is 27.0. The lowest BCUT2D eigenvalue weighted by Gasteiger charge is -2.23. The van der Waals surface area contributed by atoms with Crippen LogP contribution in [0.5, 0.6) is 0 Å². The molecule has 1 fully saturated rings. The fraction of sp³-hybridized carbons (Fsp3) is 0.353. The highest BCUT2D eigenvalue weighted by molar-refractivity contribution is 6.30. The van der Waals surface area contributed by atoms with Gasteiger partial charge in [0.2, 0.25) is 11.8 Å². The zero-order chi connectivity index (χ0) is 17.3. The third-order valence-electron chi connectivity index (χ3n) is 4.65. The van der Waals surface area contributed by atoms with Crippen molar-refractivity contribution in [3.05, 3.63) is 47.0 Å². The predicted molar refractivity (Wildman–Crippen MR) is 86.8 cm³/mol. The molecular weight excluding hydrogens is 332 g/mol. The van der Waals surface area contributed by atoms with E-state index in [0.29, 0.717) is 11.4 Å². The van der Waals surface area contributed by atoms with Crippen LogP contribution in [0.1, 0.15) is 12.0 Å². The minimum atomic E-state index is -0.973. The number of benzene rings is 1. The molecular formula is C17H17ClN2O4. The Hall–Kier alpha value is -2.34. The zero-order valence-electron chi connectivity index (χ0n) is 12.7. The van der Waals surface area contributed by atoms with Crippen LogP contribution in [0.4, 0.5) is 0 Å². The Morgan fingerprint density at radius 2 is 1.67 bits per heavy atom. The molecule has 1 aromatic carbocycles. The Morgan fingerprint density at radius 1 is 1.04 bits per heavy atom. The summed E-state index contributed by atoms with van der Waals surface area (Å²) in [4.78, 5) is 35.6. The number of halogens is 1. The van der Waals surface area contributed by atoms with E-state index >= 15 is 0 Å². The summed E-state index contributed by atoms with van der Waals surface area (Å²) < 4.78 is 0. The molecule has 1 aromatic rings. The number of aliphatic carboxylic acids is 1. The third kappa shape index (κ3) is 3.28. The molecule has 0 aliphatic heterocycles. The van der Waals surface area contributed by atoms with Gasteiger partial charge in [0.1, 0.15) is 0 Å². The van der Waals surface area contributed by atoms with Crippen molar-refractivity contribution in [3.63, 3.8) is 0 Å². The van der Waals surface area contributed by atoms with Crippen molar-refractivity contribution in [3.8, 4) is 0 Å². The van der Waals surface area contributed by atoms with Gasteiger partial charge in [-0.05, 0) is 36.0 Å². The van der Waals surface area contributed by atoms with Gasteiger partial charge < -0.3 is 5.11 Å². The molecule has 126 valence electrons. The summed E-state index contributed by atoms with van der Waals surface area (Å²) in [7, 11) is 0. The lowest BCUT2D eigenvalue weighted by Crippen LogP contribution is -2.48. The molecule has 0 heterocycles. The standard InChI is InChI=1S/C17H17ClN2O4/c18-12-5-1-9(2-6-12)7-13(21)19-20-16(22)14-10-3-4-11(8-10)15(14)17(23)24/h1-6,10-11,14-15H,7-8H2,(H,19,21)(H,20,22)(H,23,24)/t10-,11+,14-,15-/m0/s1. The summed E-state index contributed by atoms with van der Waals surface area (Å²) >= 11 is 5.78. The van der Waals surface area contributed by atoms with Gasteiger partial charge in [-0.3, -0.25) is 25.2 Å². The van der Waals surface area contributed by atoms with Crippen molar-refractivity contribution in [2.75, 3.05) is 0 Å². The average molecular weight is 349 g/mol. The van der Waals surface area contributed by atoms with E-state index in [0.717, 1.165) is 5.56 Å². The maximum Gasteiger partial charge on any atom is 0.307 e. The Morgan fingerprint density at radius 3 is 2.29 bits per heavy atom. The average Bonchev–Trinajstić information content (AvgIpc) is 3.15. The fourth-order valence-corrected chi connectivity index (χ4v) is 3.69. The number of carboxylic acid groups (broad SMARTS) is 1. The van der Waals surface area contributed by atoms with E-state index in [1.54, 1.807) is 24.3 Å². The number of rotatable bonds is 4. The smallest absolute Gasteiger partial charge is 0.307 e. The van der Waals surface area contributed by atoms with Crippen molar-refractivity contribution in [1.82, 2.24) is 10.9 Å². The first-order valence-corrected chi connectivity index (χ1v) is 8.08. The van der Waals surface area contributed by atoms with Gasteiger partial charge in [0.25, 0.3) is 0 Å². The van der Waals surface area contributed by atoms with Crippen LogP contribution in [-0.2, 0) is 20.8 Å². The number of hydrogen-bond donors (Lipinski definition) is 3. The number of nitrogens with one attached hydrogen (secondary N) is 2. The SMILES string of the molecule is O=C(Cc1ccc(Cl)cc1)NNC(=O)[C@@H]1[C@@H](C(=O)O)[C@@H]2C=C[C@H]1C2. The van der Waals surface area contributed by atoms with E-state index in [9.17, 15) is 19.5 Å². The molecule has 0 unspecified atom stereocenters. The number of allylic oxidation sites excluding steroid dienone is 2.